The number of nitrogens with zero attached hydrogens (tertiary/aromatic N) is 4. The fourth-order valence-corrected chi connectivity index (χ4v) is 5.85. The first-order valence-corrected chi connectivity index (χ1v) is 13.1. The molecule has 2 aromatic carbocycles. The van der Waals surface area contributed by atoms with Gasteiger partial charge >= 0.3 is 6.18 Å². The van der Waals surface area contributed by atoms with Crippen LogP contribution in [0.25, 0.3) is 17.0 Å². The molecule has 11 heteroatoms. The van der Waals surface area contributed by atoms with Crippen LogP contribution in [0.2, 0.25) is 5.02 Å². The molecule has 37 heavy (non-hydrogen) atoms. The zero-order chi connectivity index (χ0) is 26.3. The topological polar surface area (TPSA) is 62.5 Å². The number of aliphatic imine (C=N–C) groups is 1. The van der Waals surface area contributed by atoms with E-state index in [0.717, 1.165) is 36.5 Å². The summed E-state index contributed by atoms with van der Waals surface area (Å²) in [7, 11) is 1.97. The number of benzene rings is 2. The van der Waals surface area contributed by atoms with E-state index in [1.54, 1.807) is 18.3 Å². The first-order chi connectivity index (χ1) is 17.6. The molecule has 2 atom stereocenters. The van der Waals surface area contributed by atoms with Gasteiger partial charge in [-0.25, -0.2) is 0 Å². The zero-order valence-electron chi connectivity index (χ0n) is 20.2. The van der Waals surface area contributed by atoms with Crippen LogP contribution < -0.4 is 5.32 Å². The van der Waals surface area contributed by atoms with Gasteiger partial charge in [-0.1, -0.05) is 23.7 Å². The minimum absolute atomic E-state index is 0.0294. The van der Waals surface area contributed by atoms with Crippen molar-refractivity contribution in [2.45, 2.75) is 32.1 Å². The summed E-state index contributed by atoms with van der Waals surface area (Å²) in [6.45, 7) is 4.07. The maximum absolute atomic E-state index is 13.5. The lowest BCUT2D eigenvalue weighted by Gasteiger charge is -2.30. The van der Waals surface area contributed by atoms with E-state index in [1.807, 2.05) is 19.2 Å². The predicted molar refractivity (Wildman–Crippen MR) is 142 cm³/mol. The molecule has 2 unspecified atom stereocenters. The molecule has 6 nitrogen and oxygen atoms in total. The van der Waals surface area contributed by atoms with Gasteiger partial charge in [0.05, 0.1) is 28.7 Å². The van der Waals surface area contributed by atoms with Gasteiger partial charge in [-0.15, -0.1) is 0 Å². The summed E-state index contributed by atoms with van der Waals surface area (Å²) in [4.78, 5) is 19.5. The van der Waals surface area contributed by atoms with E-state index in [9.17, 15) is 18.0 Å². The molecule has 1 amide bonds. The average Bonchev–Trinajstić information content (AvgIpc) is 3.60. The van der Waals surface area contributed by atoms with Gasteiger partial charge in [0.15, 0.2) is 5.17 Å². The highest BCUT2D eigenvalue weighted by atomic mass is 35.5. The minimum atomic E-state index is -4.52. The quantitative estimate of drug-likeness (QED) is 0.418. The Labute approximate surface area is 221 Å². The van der Waals surface area contributed by atoms with Gasteiger partial charge in [-0.3, -0.25) is 9.48 Å². The number of hydrogen-bond donors (Lipinski definition) is 1. The highest BCUT2D eigenvalue weighted by Crippen LogP contribution is 2.35. The van der Waals surface area contributed by atoms with Crippen LogP contribution in [-0.4, -0.2) is 51.9 Å². The Morgan fingerprint density at radius 3 is 2.84 bits per heavy atom. The van der Waals surface area contributed by atoms with Crippen molar-refractivity contribution in [2.24, 2.45) is 10.9 Å². The van der Waals surface area contributed by atoms with Crippen LogP contribution in [0.15, 0.2) is 52.5 Å². The highest BCUT2D eigenvalue weighted by molar-refractivity contribution is 8.18. The van der Waals surface area contributed by atoms with Crippen molar-refractivity contribution < 1.29 is 18.0 Å². The number of rotatable bonds is 5. The summed E-state index contributed by atoms with van der Waals surface area (Å²) < 4.78 is 42.1. The molecule has 2 aliphatic rings. The van der Waals surface area contributed by atoms with Crippen LogP contribution in [0, 0.1) is 5.92 Å². The number of carbonyl (C=O) groups excluding carboxylic acids is 1. The van der Waals surface area contributed by atoms with Crippen molar-refractivity contribution in [3.63, 3.8) is 0 Å². The molecule has 194 valence electrons. The standard InChI is InChI=1S/C26H25ClF3N5OS/c1-15(17-7-8-31-12-17)34(2)25-33-24(36)23(37-25)10-16-3-6-22-19(9-16)13-32-35(22)14-18-4-5-20(27)11-21(18)26(28,29)30/h3-6,9-11,13,15,17,31H,7-8,12,14H2,1-2H3. The van der Waals surface area contributed by atoms with E-state index in [4.69, 9.17) is 11.6 Å². The summed E-state index contributed by atoms with van der Waals surface area (Å²) in [6, 6.07) is 9.49. The monoisotopic (exact) mass is 547 g/mol. The molecule has 0 spiro atoms. The van der Waals surface area contributed by atoms with E-state index in [2.05, 4.69) is 27.2 Å². The Hall–Kier alpha value is -2.82. The number of nitrogens with one attached hydrogen (secondary N) is 1. The number of amides is 1. The Morgan fingerprint density at radius 2 is 2.11 bits per heavy atom. The molecule has 0 bridgehead atoms. The normalized spacial score (nSPS) is 20.2. The van der Waals surface area contributed by atoms with Gasteiger partial charge in [0.1, 0.15) is 0 Å². The van der Waals surface area contributed by atoms with E-state index in [-0.39, 0.29) is 29.1 Å². The third kappa shape index (κ3) is 5.42. The van der Waals surface area contributed by atoms with E-state index >= 15 is 0 Å². The molecular formula is C26H25ClF3N5OS. The van der Waals surface area contributed by atoms with Crippen LogP contribution in [0.4, 0.5) is 13.2 Å². The van der Waals surface area contributed by atoms with Gasteiger partial charge in [0.2, 0.25) is 0 Å². The second-order valence-electron chi connectivity index (χ2n) is 9.33. The first kappa shape index (κ1) is 25.8. The zero-order valence-corrected chi connectivity index (χ0v) is 21.8. The van der Waals surface area contributed by atoms with Gasteiger partial charge in [0, 0.05) is 23.5 Å². The number of alkyl halides is 3. The third-order valence-electron chi connectivity index (χ3n) is 6.96. The maximum Gasteiger partial charge on any atom is 0.416 e. The Bertz CT molecular complexity index is 1410. The molecule has 0 saturated carbocycles. The van der Waals surface area contributed by atoms with Crippen molar-refractivity contribution in [3.05, 3.63) is 69.2 Å². The molecule has 3 aromatic rings. The van der Waals surface area contributed by atoms with Crippen LogP contribution in [-0.2, 0) is 17.5 Å². The molecule has 1 fully saturated rings. The Balaban J connectivity index is 1.34. The first-order valence-electron chi connectivity index (χ1n) is 11.9. The molecule has 1 aromatic heterocycles. The van der Waals surface area contributed by atoms with Crippen molar-refractivity contribution in [2.75, 3.05) is 20.1 Å². The van der Waals surface area contributed by atoms with Crippen molar-refractivity contribution >= 4 is 51.4 Å². The van der Waals surface area contributed by atoms with Crippen LogP contribution in [0.5, 0.6) is 0 Å². The fraction of sp³-hybridized carbons (Fsp3) is 0.346. The van der Waals surface area contributed by atoms with E-state index in [1.165, 1.54) is 28.6 Å². The van der Waals surface area contributed by atoms with Crippen molar-refractivity contribution in [1.29, 1.82) is 0 Å². The van der Waals surface area contributed by atoms with Gasteiger partial charge in [-0.05, 0) is 85.6 Å². The summed E-state index contributed by atoms with van der Waals surface area (Å²) in [5.74, 6) is 0.234. The Morgan fingerprint density at radius 1 is 1.30 bits per heavy atom. The molecular weight excluding hydrogens is 523 g/mol. The number of halogens is 4. The summed E-state index contributed by atoms with van der Waals surface area (Å²) >= 11 is 7.16. The SMILES string of the molecule is CC(C1CCNC1)N(C)C1=NC(=O)C(=Cc2ccc3c(cnn3Cc3ccc(Cl)cc3C(F)(F)F)c2)S1. The molecule has 2 aliphatic heterocycles. The number of thioether (sulfide) groups is 1. The van der Waals surface area contributed by atoms with E-state index < -0.39 is 11.7 Å². The number of fused-ring (bicyclic) bond motifs is 1. The fourth-order valence-electron chi connectivity index (χ4n) is 4.71. The lowest BCUT2D eigenvalue weighted by molar-refractivity contribution is -0.138. The second-order valence-corrected chi connectivity index (χ2v) is 10.8. The maximum atomic E-state index is 13.5. The average molecular weight is 548 g/mol. The molecule has 3 heterocycles. The van der Waals surface area contributed by atoms with Crippen molar-refractivity contribution in [3.8, 4) is 0 Å². The number of aromatic nitrogens is 2. The summed E-state index contributed by atoms with van der Waals surface area (Å²) in [6.07, 6.45) is -0.0217. The summed E-state index contributed by atoms with van der Waals surface area (Å²) in [5, 5.41) is 9.16. The smallest absolute Gasteiger partial charge is 0.351 e. The molecule has 1 N–H and O–H groups in total. The lowest BCUT2D eigenvalue weighted by Crippen LogP contribution is -2.39. The van der Waals surface area contributed by atoms with E-state index in [0.29, 0.717) is 21.5 Å². The minimum Gasteiger partial charge on any atom is -0.351 e. The largest absolute Gasteiger partial charge is 0.416 e. The molecule has 0 radical (unpaired) electrons. The molecule has 0 aliphatic carbocycles. The third-order valence-corrected chi connectivity index (χ3v) is 8.27. The molecule has 5 rings (SSSR count). The number of carbonyl (C=O) groups is 1. The van der Waals surface area contributed by atoms with Gasteiger partial charge in [-0.2, -0.15) is 23.3 Å². The van der Waals surface area contributed by atoms with Gasteiger partial charge < -0.3 is 10.2 Å². The molecule has 1 saturated heterocycles. The van der Waals surface area contributed by atoms with Crippen molar-refractivity contribution in [1.82, 2.24) is 20.0 Å². The van der Waals surface area contributed by atoms with Gasteiger partial charge in [0.25, 0.3) is 5.91 Å². The van der Waals surface area contributed by atoms with Crippen LogP contribution in [0.1, 0.15) is 30.0 Å². The predicted octanol–water partition coefficient (Wildman–Crippen LogP) is 5.66. The highest BCUT2D eigenvalue weighted by Gasteiger charge is 2.34. The number of hydrogen-bond acceptors (Lipinski definition) is 5. The van der Waals surface area contributed by atoms with Crippen LogP contribution >= 0.6 is 23.4 Å². The number of amidine groups is 1. The summed E-state index contributed by atoms with van der Waals surface area (Å²) in [5.41, 5.74) is 0.780. The lowest BCUT2D eigenvalue weighted by atomic mass is 10.00. The Kier molecular flexibility index (Phi) is 7.08. The van der Waals surface area contributed by atoms with Crippen LogP contribution in [0.3, 0.4) is 0 Å². The second kappa shape index (κ2) is 10.2.